The van der Waals surface area contributed by atoms with Crippen molar-refractivity contribution in [3.05, 3.63) is 28.7 Å². The van der Waals surface area contributed by atoms with E-state index in [0.717, 1.165) is 10.2 Å². The Balaban J connectivity index is 1.98. The van der Waals surface area contributed by atoms with Crippen LogP contribution in [0.1, 0.15) is 0 Å². The SMILES string of the molecule is O=C1CNC(C(=O)Nc2ccccc2Br)CN1. The molecule has 1 heterocycles. The molecule has 1 saturated heterocycles. The molecule has 0 saturated carbocycles. The third-order valence-corrected chi connectivity index (χ3v) is 3.15. The Labute approximate surface area is 107 Å². The quantitative estimate of drug-likeness (QED) is 0.743. The lowest BCUT2D eigenvalue weighted by Crippen LogP contribution is -2.56. The average molecular weight is 298 g/mol. The number of rotatable bonds is 2. The highest BCUT2D eigenvalue weighted by molar-refractivity contribution is 9.10. The Hall–Kier alpha value is -1.40. The van der Waals surface area contributed by atoms with E-state index in [2.05, 4.69) is 31.9 Å². The number of amides is 2. The maximum Gasteiger partial charge on any atom is 0.243 e. The first-order valence-electron chi connectivity index (χ1n) is 5.22. The monoisotopic (exact) mass is 297 g/mol. The molecule has 6 heteroatoms. The summed E-state index contributed by atoms with van der Waals surface area (Å²) >= 11 is 3.35. The second kappa shape index (κ2) is 5.29. The van der Waals surface area contributed by atoms with Gasteiger partial charge in [0.15, 0.2) is 0 Å². The topological polar surface area (TPSA) is 70.2 Å². The molecule has 1 aromatic rings. The van der Waals surface area contributed by atoms with Crippen molar-refractivity contribution in [2.45, 2.75) is 6.04 Å². The van der Waals surface area contributed by atoms with E-state index in [-0.39, 0.29) is 24.4 Å². The van der Waals surface area contributed by atoms with Crippen molar-refractivity contribution in [1.29, 1.82) is 0 Å². The molecule has 1 aliphatic heterocycles. The van der Waals surface area contributed by atoms with E-state index < -0.39 is 0 Å². The highest BCUT2D eigenvalue weighted by Gasteiger charge is 2.23. The largest absolute Gasteiger partial charge is 0.353 e. The van der Waals surface area contributed by atoms with Crippen LogP contribution < -0.4 is 16.0 Å². The normalized spacial score (nSPS) is 19.6. The predicted octanol–water partition coefficient (Wildman–Crippen LogP) is 0.476. The van der Waals surface area contributed by atoms with Crippen molar-refractivity contribution in [1.82, 2.24) is 10.6 Å². The Morgan fingerprint density at radius 1 is 1.41 bits per heavy atom. The van der Waals surface area contributed by atoms with Gasteiger partial charge in [-0.05, 0) is 28.1 Å². The van der Waals surface area contributed by atoms with Gasteiger partial charge in [-0.2, -0.15) is 0 Å². The number of hydrogen-bond acceptors (Lipinski definition) is 3. The highest BCUT2D eigenvalue weighted by atomic mass is 79.9. The fourth-order valence-electron chi connectivity index (χ4n) is 1.53. The van der Waals surface area contributed by atoms with Crippen LogP contribution in [0.25, 0.3) is 0 Å². The third kappa shape index (κ3) is 3.04. The molecule has 1 unspecified atom stereocenters. The average Bonchev–Trinajstić information content (AvgIpc) is 2.33. The van der Waals surface area contributed by atoms with Gasteiger partial charge in [-0.1, -0.05) is 12.1 Å². The molecule has 5 nitrogen and oxygen atoms in total. The van der Waals surface area contributed by atoms with Gasteiger partial charge in [0.05, 0.1) is 12.2 Å². The van der Waals surface area contributed by atoms with Crippen molar-refractivity contribution in [2.24, 2.45) is 0 Å². The first-order valence-corrected chi connectivity index (χ1v) is 6.01. The molecule has 0 radical (unpaired) electrons. The standard InChI is InChI=1S/C11H12BrN3O2/c12-7-3-1-2-4-8(7)15-11(17)9-5-14-10(16)6-13-9/h1-4,9,13H,5-6H2,(H,14,16)(H,15,17). The van der Waals surface area contributed by atoms with Gasteiger partial charge in [0, 0.05) is 11.0 Å². The zero-order valence-electron chi connectivity index (χ0n) is 9.00. The van der Waals surface area contributed by atoms with Crippen LogP contribution in [0.15, 0.2) is 28.7 Å². The first kappa shape index (κ1) is 12.1. The molecule has 3 N–H and O–H groups in total. The zero-order valence-corrected chi connectivity index (χ0v) is 10.6. The van der Waals surface area contributed by atoms with Gasteiger partial charge in [-0.25, -0.2) is 0 Å². The Morgan fingerprint density at radius 3 is 2.82 bits per heavy atom. The summed E-state index contributed by atoms with van der Waals surface area (Å²) in [4.78, 5) is 22.8. The Kier molecular flexibility index (Phi) is 3.75. The number of hydrogen-bond donors (Lipinski definition) is 3. The molecular formula is C11H12BrN3O2. The van der Waals surface area contributed by atoms with E-state index in [1.807, 2.05) is 24.3 Å². The van der Waals surface area contributed by atoms with Gasteiger partial charge >= 0.3 is 0 Å². The van der Waals surface area contributed by atoms with Crippen LogP contribution in [-0.4, -0.2) is 30.9 Å². The van der Waals surface area contributed by atoms with E-state index >= 15 is 0 Å². The van der Waals surface area contributed by atoms with E-state index in [1.165, 1.54) is 0 Å². The third-order valence-electron chi connectivity index (χ3n) is 2.46. The molecular weight excluding hydrogens is 286 g/mol. The molecule has 1 aliphatic rings. The number of carbonyl (C=O) groups is 2. The van der Waals surface area contributed by atoms with Gasteiger partial charge in [-0.3, -0.25) is 14.9 Å². The first-order chi connectivity index (χ1) is 8.16. The smallest absolute Gasteiger partial charge is 0.243 e. The molecule has 0 aromatic heterocycles. The second-order valence-electron chi connectivity index (χ2n) is 3.71. The summed E-state index contributed by atoms with van der Waals surface area (Å²) in [6, 6.07) is 6.99. The van der Waals surface area contributed by atoms with Crippen LogP contribution in [0.5, 0.6) is 0 Å². The minimum absolute atomic E-state index is 0.0880. The molecule has 90 valence electrons. The van der Waals surface area contributed by atoms with E-state index in [4.69, 9.17) is 0 Å². The van der Waals surface area contributed by atoms with Crippen molar-refractivity contribution < 1.29 is 9.59 Å². The Bertz CT molecular complexity index is 440. The molecule has 17 heavy (non-hydrogen) atoms. The second-order valence-corrected chi connectivity index (χ2v) is 4.56. The highest BCUT2D eigenvalue weighted by Crippen LogP contribution is 2.21. The van der Waals surface area contributed by atoms with Crippen LogP contribution in [0, 0.1) is 0 Å². The predicted molar refractivity (Wildman–Crippen MR) is 67.6 cm³/mol. The van der Waals surface area contributed by atoms with E-state index in [1.54, 1.807) is 0 Å². The Morgan fingerprint density at radius 2 is 2.18 bits per heavy atom. The van der Waals surface area contributed by atoms with Crippen LogP contribution >= 0.6 is 15.9 Å². The van der Waals surface area contributed by atoms with E-state index in [0.29, 0.717) is 6.54 Å². The molecule has 1 atom stereocenters. The number of piperazine rings is 1. The molecule has 0 aliphatic carbocycles. The fourth-order valence-corrected chi connectivity index (χ4v) is 1.92. The van der Waals surface area contributed by atoms with Crippen molar-refractivity contribution in [3.8, 4) is 0 Å². The maximum atomic E-state index is 11.9. The number of carbonyl (C=O) groups excluding carboxylic acids is 2. The fraction of sp³-hybridized carbons (Fsp3) is 0.273. The van der Waals surface area contributed by atoms with E-state index in [9.17, 15) is 9.59 Å². The summed E-state index contributed by atoms with van der Waals surface area (Å²) in [5.41, 5.74) is 0.719. The summed E-state index contributed by atoms with van der Waals surface area (Å²) < 4.78 is 0.827. The van der Waals surface area contributed by atoms with Crippen LogP contribution in [0.4, 0.5) is 5.69 Å². The summed E-state index contributed by atoms with van der Waals surface area (Å²) in [5, 5.41) is 8.30. The summed E-state index contributed by atoms with van der Waals surface area (Å²) in [6.07, 6.45) is 0. The molecule has 2 rings (SSSR count). The summed E-state index contributed by atoms with van der Waals surface area (Å²) in [7, 11) is 0. The van der Waals surface area contributed by atoms with Crippen LogP contribution in [0.3, 0.4) is 0 Å². The van der Waals surface area contributed by atoms with Crippen LogP contribution in [-0.2, 0) is 9.59 Å². The number of para-hydroxylation sites is 1. The van der Waals surface area contributed by atoms with Gasteiger partial charge < -0.3 is 10.6 Å². The molecule has 0 spiro atoms. The minimum Gasteiger partial charge on any atom is -0.353 e. The van der Waals surface area contributed by atoms with Crippen molar-refractivity contribution in [3.63, 3.8) is 0 Å². The lowest BCUT2D eigenvalue weighted by Gasteiger charge is -2.23. The molecule has 1 aromatic carbocycles. The zero-order chi connectivity index (χ0) is 12.3. The van der Waals surface area contributed by atoms with Gasteiger partial charge in [-0.15, -0.1) is 0 Å². The van der Waals surface area contributed by atoms with Crippen molar-refractivity contribution in [2.75, 3.05) is 18.4 Å². The number of benzene rings is 1. The number of nitrogens with one attached hydrogen (secondary N) is 3. The summed E-state index contributed by atoms with van der Waals surface area (Å²) in [5.74, 6) is -0.244. The molecule has 0 bridgehead atoms. The molecule has 2 amide bonds. The lowest BCUT2D eigenvalue weighted by molar-refractivity contribution is -0.124. The molecule has 1 fully saturated rings. The number of anilines is 1. The van der Waals surface area contributed by atoms with Gasteiger partial charge in [0.1, 0.15) is 6.04 Å². The number of halogens is 1. The van der Waals surface area contributed by atoms with Crippen molar-refractivity contribution >= 4 is 33.4 Å². The van der Waals surface area contributed by atoms with Gasteiger partial charge in [0.2, 0.25) is 11.8 Å². The minimum atomic E-state index is -0.389. The van der Waals surface area contributed by atoms with Gasteiger partial charge in [0.25, 0.3) is 0 Å². The maximum absolute atomic E-state index is 11.9. The summed E-state index contributed by atoms with van der Waals surface area (Å²) in [6.45, 7) is 0.489. The lowest BCUT2D eigenvalue weighted by atomic mass is 10.2. The van der Waals surface area contributed by atoms with Crippen LogP contribution in [0.2, 0.25) is 0 Å².